The molecule has 29 heavy (non-hydrogen) atoms. The lowest BCUT2D eigenvalue weighted by atomic mass is 10.1. The van der Waals surface area contributed by atoms with E-state index in [-0.39, 0.29) is 12.1 Å². The van der Waals surface area contributed by atoms with Crippen molar-refractivity contribution in [2.45, 2.75) is 13.5 Å². The van der Waals surface area contributed by atoms with Gasteiger partial charge in [0.25, 0.3) is 5.56 Å². The number of aromatic nitrogens is 5. The topological polar surface area (TPSA) is 87.0 Å². The van der Waals surface area contributed by atoms with Crippen LogP contribution < -0.4 is 15.0 Å². The number of aromatic amines is 1. The maximum Gasteiger partial charge on any atom is 0.278 e. The lowest BCUT2D eigenvalue weighted by molar-refractivity contribution is 0.358. The molecular formula is C20H19N5O3S. The Hall–Kier alpha value is -3.46. The fraction of sp³-hybridized carbons (Fsp3) is 0.200. The normalized spacial score (nSPS) is 11.0. The third-order valence-corrected chi connectivity index (χ3v) is 4.96. The highest BCUT2D eigenvalue weighted by atomic mass is 32.1. The third-order valence-electron chi connectivity index (χ3n) is 4.69. The first kappa shape index (κ1) is 18.9. The van der Waals surface area contributed by atoms with Crippen molar-refractivity contribution in [1.82, 2.24) is 24.5 Å². The molecule has 9 heteroatoms. The minimum Gasteiger partial charge on any atom is -0.493 e. The number of rotatable bonds is 5. The Bertz CT molecular complexity index is 1300. The maximum atomic E-state index is 13.2. The lowest BCUT2D eigenvalue weighted by Crippen LogP contribution is -2.25. The molecule has 2 aromatic carbocycles. The van der Waals surface area contributed by atoms with Crippen molar-refractivity contribution in [3.8, 4) is 17.2 Å². The van der Waals surface area contributed by atoms with Gasteiger partial charge in [-0.05, 0) is 43.4 Å². The van der Waals surface area contributed by atoms with Crippen LogP contribution in [0.3, 0.4) is 0 Å². The summed E-state index contributed by atoms with van der Waals surface area (Å²) in [6.07, 6.45) is 1.62. The van der Waals surface area contributed by atoms with E-state index < -0.39 is 0 Å². The molecule has 0 spiro atoms. The van der Waals surface area contributed by atoms with Gasteiger partial charge in [-0.3, -0.25) is 14.5 Å². The molecule has 2 heterocycles. The van der Waals surface area contributed by atoms with Crippen molar-refractivity contribution in [3.05, 3.63) is 69.1 Å². The van der Waals surface area contributed by atoms with Crippen molar-refractivity contribution in [2.75, 3.05) is 14.2 Å². The molecule has 4 rings (SSSR count). The third kappa shape index (κ3) is 3.29. The molecule has 1 N–H and O–H groups in total. The summed E-state index contributed by atoms with van der Waals surface area (Å²) in [5.74, 6) is 1.43. The monoisotopic (exact) mass is 409 g/mol. The van der Waals surface area contributed by atoms with Crippen LogP contribution in [0.5, 0.6) is 11.5 Å². The summed E-state index contributed by atoms with van der Waals surface area (Å²) in [5.41, 5.74) is 1.69. The molecule has 0 radical (unpaired) electrons. The quantitative estimate of drug-likeness (QED) is 0.510. The van der Waals surface area contributed by atoms with E-state index in [9.17, 15) is 4.79 Å². The number of benzene rings is 2. The Balaban J connectivity index is 1.84. The predicted molar refractivity (Wildman–Crippen MR) is 112 cm³/mol. The van der Waals surface area contributed by atoms with Gasteiger partial charge in [0.15, 0.2) is 22.1 Å². The van der Waals surface area contributed by atoms with Gasteiger partial charge in [-0.15, -0.1) is 0 Å². The smallest absolute Gasteiger partial charge is 0.278 e. The molecular weight excluding hydrogens is 390 g/mol. The van der Waals surface area contributed by atoms with Crippen LogP contribution in [0.4, 0.5) is 0 Å². The van der Waals surface area contributed by atoms with E-state index in [1.165, 1.54) is 18.9 Å². The molecule has 0 aliphatic heterocycles. The van der Waals surface area contributed by atoms with E-state index in [1.807, 2.05) is 31.2 Å². The largest absolute Gasteiger partial charge is 0.493 e. The minimum absolute atomic E-state index is 0.135. The zero-order chi connectivity index (χ0) is 20.5. The zero-order valence-corrected chi connectivity index (χ0v) is 17.0. The molecule has 0 unspecified atom stereocenters. The van der Waals surface area contributed by atoms with E-state index >= 15 is 0 Å². The number of hydrogen-bond acceptors (Lipinski definition) is 6. The van der Waals surface area contributed by atoms with E-state index in [0.29, 0.717) is 32.9 Å². The van der Waals surface area contributed by atoms with Crippen LogP contribution in [0, 0.1) is 11.7 Å². The number of methoxy groups -OCH3 is 2. The molecule has 2 aromatic heterocycles. The van der Waals surface area contributed by atoms with Crippen LogP contribution in [0.1, 0.15) is 11.4 Å². The Kier molecular flexibility index (Phi) is 4.89. The van der Waals surface area contributed by atoms with E-state index in [1.54, 1.807) is 22.9 Å². The van der Waals surface area contributed by atoms with Crippen molar-refractivity contribution in [2.24, 2.45) is 0 Å². The summed E-state index contributed by atoms with van der Waals surface area (Å²) in [4.78, 5) is 13.2. The average molecular weight is 409 g/mol. The highest BCUT2D eigenvalue weighted by molar-refractivity contribution is 7.71. The minimum atomic E-state index is -0.303. The summed E-state index contributed by atoms with van der Waals surface area (Å²) >= 11 is 5.39. The van der Waals surface area contributed by atoms with Crippen molar-refractivity contribution in [3.63, 3.8) is 0 Å². The number of ether oxygens (including phenoxy) is 2. The summed E-state index contributed by atoms with van der Waals surface area (Å²) < 4.78 is 14.3. The molecule has 0 bridgehead atoms. The van der Waals surface area contributed by atoms with Gasteiger partial charge in [0.1, 0.15) is 6.54 Å². The van der Waals surface area contributed by atoms with Gasteiger partial charge in [-0.25, -0.2) is 4.68 Å². The van der Waals surface area contributed by atoms with Gasteiger partial charge in [0.2, 0.25) is 0 Å². The SMILES string of the molecule is COc1ccc2cnn(Cc3n[nH]c(=S)n3-c3ccc(C)cc3)c(=O)c2c1OC. The molecule has 8 nitrogen and oxygen atoms in total. The van der Waals surface area contributed by atoms with Gasteiger partial charge in [0.05, 0.1) is 25.8 Å². The zero-order valence-electron chi connectivity index (χ0n) is 16.2. The van der Waals surface area contributed by atoms with Crippen molar-refractivity contribution in [1.29, 1.82) is 0 Å². The number of hydrogen-bond donors (Lipinski definition) is 1. The second kappa shape index (κ2) is 7.51. The first-order valence-corrected chi connectivity index (χ1v) is 9.28. The van der Waals surface area contributed by atoms with Crippen molar-refractivity contribution >= 4 is 23.0 Å². The molecule has 148 valence electrons. The Labute approximate surface area is 171 Å². The maximum absolute atomic E-state index is 13.2. The molecule has 0 saturated heterocycles. The highest BCUT2D eigenvalue weighted by Gasteiger charge is 2.16. The highest BCUT2D eigenvalue weighted by Crippen LogP contribution is 2.32. The molecule has 4 aromatic rings. The van der Waals surface area contributed by atoms with E-state index in [0.717, 1.165) is 11.3 Å². The Morgan fingerprint density at radius 1 is 1.10 bits per heavy atom. The Morgan fingerprint density at radius 2 is 1.86 bits per heavy atom. The Morgan fingerprint density at radius 3 is 2.55 bits per heavy atom. The average Bonchev–Trinajstić information content (AvgIpc) is 3.10. The van der Waals surface area contributed by atoms with Crippen LogP contribution in [0.25, 0.3) is 16.5 Å². The molecule has 0 aliphatic carbocycles. The fourth-order valence-electron chi connectivity index (χ4n) is 3.23. The number of aryl methyl sites for hydroxylation is 1. The number of nitrogens with one attached hydrogen (secondary N) is 1. The van der Waals surface area contributed by atoms with Gasteiger partial charge in [-0.1, -0.05) is 17.7 Å². The predicted octanol–water partition coefficient (Wildman–Crippen LogP) is 3.01. The molecule has 0 fully saturated rings. The first-order chi connectivity index (χ1) is 14.0. The molecule has 0 aliphatic rings. The van der Waals surface area contributed by atoms with Gasteiger partial charge in [-0.2, -0.15) is 10.2 Å². The summed E-state index contributed by atoms with van der Waals surface area (Å²) in [5, 5.41) is 12.5. The number of H-pyrrole nitrogens is 1. The van der Waals surface area contributed by atoms with Gasteiger partial charge >= 0.3 is 0 Å². The van der Waals surface area contributed by atoms with Crippen LogP contribution in [-0.4, -0.2) is 38.8 Å². The van der Waals surface area contributed by atoms with E-state index in [4.69, 9.17) is 21.7 Å². The van der Waals surface area contributed by atoms with Crippen LogP contribution in [-0.2, 0) is 6.54 Å². The van der Waals surface area contributed by atoms with Gasteiger partial charge in [0, 0.05) is 11.1 Å². The number of nitrogens with zero attached hydrogens (tertiary/aromatic N) is 4. The number of fused-ring (bicyclic) bond motifs is 1. The van der Waals surface area contributed by atoms with Crippen molar-refractivity contribution < 1.29 is 9.47 Å². The second-order valence-electron chi connectivity index (χ2n) is 6.49. The lowest BCUT2D eigenvalue weighted by Gasteiger charge is -2.12. The standard InChI is InChI=1S/C20H19N5O3S/c1-12-4-7-14(8-5-12)25-16(22-23-20(25)29)11-24-19(26)17-13(10-21-24)6-9-15(27-2)18(17)28-3/h4-10H,11H2,1-3H3,(H,23,29). The van der Waals surface area contributed by atoms with E-state index in [2.05, 4.69) is 15.3 Å². The summed E-state index contributed by atoms with van der Waals surface area (Å²) in [6.45, 7) is 2.15. The molecule has 0 amide bonds. The van der Waals surface area contributed by atoms with Crippen LogP contribution in [0.15, 0.2) is 47.4 Å². The second-order valence-corrected chi connectivity index (χ2v) is 6.88. The summed E-state index contributed by atoms with van der Waals surface area (Å²) in [7, 11) is 3.03. The van der Waals surface area contributed by atoms with Gasteiger partial charge < -0.3 is 9.47 Å². The molecule has 0 saturated carbocycles. The fourth-order valence-corrected chi connectivity index (χ4v) is 3.48. The molecule has 0 atom stereocenters. The summed E-state index contributed by atoms with van der Waals surface area (Å²) in [6, 6.07) is 11.4. The van der Waals surface area contributed by atoms with Crippen LogP contribution in [0.2, 0.25) is 0 Å². The van der Waals surface area contributed by atoms with Crippen LogP contribution >= 0.6 is 12.2 Å². The first-order valence-electron chi connectivity index (χ1n) is 8.87.